The molecule has 2 fully saturated rings. The van der Waals surface area contributed by atoms with Crippen LogP contribution >= 0.6 is 12.2 Å². The number of hydrazine groups is 1. The van der Waals surface area contributed by atoms with Gasteiger partial charge in [-0.2, -0.15) is 0 Å². The minimum Gasteiger partial charge on any atom is -0.357 e. The maximum Gasteiger partial charge on any atom is 0.258 e. The van der Waals surface area contributed by atoms with Gasteiger partial charge in [-0.25, -0.2) is 0 Å². The maximum absolute atomic E-state index is 12.3. The lowest BCUT2D eigenvalue weighted by atomic mass is 9.81. The van der Waals surface area contributed by atoms with Crippen LogP contribution in [0.4, 0.5) is 0 Å². The van der Waals surface area contributed by atoms with Crippen LogP contribution in [0.1, 0.15) is 31.2 Å². The number of benzene rings is 1. The van der Waals surface area contributed by atoms with Crippen LogP contribution in [0.15, 0.2) is 30.3 Å². The molecule has 1 aliphatic carbocycles. The number of nitrogens with one attached hydrogen (secondary N) is 3. The van der Waals surface area contributed by atoms with Crippen LogP contribution in [0, 0.1) is 11.8 Å². The van der Waals surface area contributed by atoms with Gasteiger partial charge in [-0.3, -0.25) is 30.1 Å². The van der Waals surface area contributed by atoms with Gasteiger partial charge < -0.3 is 5.32 Å². The van der Waals surface area contributed by atoms with Crippen molar-refractivity contribution in [1.29, 1.82) is 0 Å². The first kappa shape index (κ1) is 18.3. The number of amides is 3. The molecule has 138 valence electrons. The fraction of sp³-hybridized carbons (Fsp3) is 0.444. The van der Waals surface area contributed by atoms with E-state index in [9.17, 15) is 14.4 Å². The number of hydrogen-bond acceptors (Lipinski definition) is 4. The average molecular weight is 374 g/mol. The molecule has 3 rings (SSSR count). The Morgan fingerprint density at radius 1 is 1.04 bits per heavy atom. The summed E-state index contributed by atoms with van der Waals surface area (Å²) in [6.07, 6.45) is 3.39. The average Bonchev–Trinajstić information content (AvgIpc) is 2.91. The Balaban J connectivity index is 1.43. The quantitative estimate of drug-likeness (QED) is 0.411. The van der Waals surface area contributed by atoms with Crippen molar-refractivity contribution in [3.8, 4) is 0 Å². The van der Waals surface area contributed by atoms with E-state index in [1.54, 1.807) is 0 Å². The van der Waals surface area contributed by atoms with Gasteiger partial charge in [0.2, 0.25) is 11.8 Å². The second-order valence-electron chi connectivity index (χ2n) is 6.60. The second kappa shape index (κ2) is 8.27. The molecule has 7 nitrogen and oxygen atoms in total. The van der Waals surface area contributed by atoms with Crippen molar-refractivity contribution >= 4 is 35.1 Å². The van der Waals surface area contributed by atoms with E-state index in [4.69, 9.17) is 12.2 Å². The lowest BCUT2D eigenvalue weighted by Gasteiger charge is -2.19. The number of carbonyl (C=O) groups excluding carboxylic acids is 3. The van der Waals surface area contributed by atoms with E-state index < -0.39 is 5.91 Å². The second-order valence-corrected chi connectivity index (χ2v) is 7.01. The van der Waals surface area contributed by atoms with E-state index in [1.807, 2.05) is 30.3 Å². The summed E-state index contributed by atoms with van der Waals surface area (Å²) < 4.78 is 0. The smallest absolute Gasteiger partial charge is 0.258 e. The summed E-state index contributed by atoms with van der Waals surface area (Å²) in [4.78, 5) is 37.8. The molecule has 1 saturated heterocycles. The van der Waals surface area contributed by atoms with Crippen molar-refractivity contribution in [2.24, 2.45) is 11.8 Å². The molecule has 2 atom stereocenters. The number of carbonyl (C=O) groups is 3. The van der Waals surface area contributed by atoms with Crippen LogP contribution < -0.4 is 16.2 Å². The van der Waals surface area contributed by atoms with Crippen LogP contribution in [0.25, 0.3) is 0 Å². The molecular formula is C18H22N4O3S. The number of fused-ring (bicyclic) bond motifs is 1. The highest BCUT2D eigenvalue weighted by atomic mass is 32.1. The van der Waals surface area contributed by atoms with E-state index in [1.165, 1.54) is 0 Å². The first-order chi connectivity index (χ1) is 12.6. The number of nitrogens with zero attached hydrogens (tertiary/aromatic N) is 1. The molecule has 0 radical (unpaired) electrons. The Morgan fingerprint density at radius 3 is 2.27 bits per heavy atom. The van der Waals surface area contributed by atoms with Gasteiger partial charge in [0.25, 0.3) is 5.91 Å². The molecule has 0 spiro atoms. The summed E-state index contributed by atoms with van der Waals surface area (Å²) in [6.45, 7) is 0.244. The van der Waals surface area contributed by atoms with E-state index in [0.29, 0.717) is 6.54 Å². The van der Waals surface area contributed by atoms with Gasteiger partial charge in [0.1, 0.15) is 6.54 Å². The number of thiocarbonyl (C=S) groups is 1. The summed E-state index contributed by atoms with van der Waals surface area (Å²) in [5.41, 5.74) is 6.07. The Labute approximate surface area is 157 Å². The summed E-state index contributed by atoms with van der Waals surface area (Å²) >= 11 is 5.10. The third kappa shape index (κ3) is 4.19. The van der Waals surface area contributed by atoms with E-state index in [-0.39, 0.29) is 35.3 Å². The van der Waals surface area contributed by atoms with Crippen molar-refractivity contribution in [1.82, 2.24) is 21.1 Å². The molecule has 8 heteroatoms. The lowest BCUT2D eigenvalue weighted by molar-refractivity contribution is -0.143. The summed E-state index contributed by atoms with van der Waals surface area (Å²) in [5.74, 6) is -1.41. The zero-order chi connectivity index (χ0) is 18.5. The standard InChI is InChI=1S/C18H22N4O3S/c23-15(20-21-18(26)19-10-12-6-2-1-3-7-12)11-22-16(24)13-8-4-5-9-14(13)17(22)25/h1-3,6-7,13-14H,4-5,8-11H2,(H,20,23)(H2,19,21,26)/t13-,14+. The highest BCUT2D eigenvalue weighted by Crippen LogP contribution is 2.37. The molecule has 3 N–H and O–H groups in total. The Bertz CT molecular complexity index is 686. The van der Waals surface area contributed by atoms with Crippen molar-refractivity contribution in [3.63, 3.8) is 0 Å². The van der Waals surface area contributed by atoms with Gasteiger partial charge in [0, 0.05) is 6.54 Å². The highest BCUT2D eigenvalue weighted by molar-refractivity contribution is 7.80. The minimum absolute atomic E-state index is 0.223. The number of likely N-dealkylation sites (tertiary alicyclic amines) is 1. The molecule has 0 aromatic heterocycles. The van der Waals surface area contributed by atoms with Crippen LogP contribution in [0.3, 0.4) is 0 Å². The van der Waals surface area contributed by atoms with Crippen LogP contribution in [-0.2, 0) is 20.9 Å². The Morgan fingerprint density at radius 2 is 1.65 bits per heavy atom. The molecule has 2 aliphatic rings. The monoisotopic (exact) mass is 374 g/mol. The first-order valence-corrected chi connectivity index (χ1v) is 9.19. The van der Waals surface area contributed by atoms with Gasteiger partial charge in [0.15, 0.2) is 5.11 Å². The topological polar surface area (TPSA) is 90.5 Å². The van der Waals surface area contributed by atoms with Crippen molar-refractivity contribution in [2.75, 3.05) is 6.54 Å². The molecule has 3 amide bonds. The van der Waals surface area contributed by atoms with Gasteiger partial charge >= 0.3 is 0 Å². The maximum atomic E-state index is 12.3. The zero-order valence-electron chi connectivity index (χ0n) is 14.4. The van der Waals surface area contributed by atoms with Gasteiger partial charge in [-0.1, -0.05) is 43.2 Å². The molecule has 1 aliphatic heterocycles. The third-order valence-electron chi connectivity index (χ3n) is 4.85. The minimum atomic E-state index is -0.478. The zero-order valence-corrected chi connectivity index (χ0v) is 15.2. The summed E-state index contributed by atoms with van der Waals surface area (Å²) in [6, 6.07) is 9.70. The summed E-state index contributed by atoms with van der Waals surface area (Å²) in [5, 5.41) is 3.22. The Kier molecular flexibility index (Phi) is 5.82. The van der Waals surface area contributed by atoms with E-state index >= 15 is 0 Å². The van der Waals surface area contributed by atoms with Gasteiger partial charge in [0.05, 0.1) is 11.8 Å². The first-order valence-electron chi connectivity index (χ1n) is 8.78. The molecule has 1 heterocycles. The predicted molar refractivity (Wildman–Crippen MR) is 99.3 cm³/mol. The number of rotatable bonds is 4. The fourth-order valence-corrected chi connectivity index (χ4v) is 3.64. The molecule has 1 saturated carbocycles. The predicted octanol–water partition coefficient (Wildman–Crippen LogP) is 0.857. The normalized spacial score (nSPS) is 21.9. The molecule has 1 aromatic rings. The highest BCUT2D eigenvalue weighted by Gasteiger charge is 2.48. The fourth-order valence-electron chi connectivity index (χ4n) is 3.52. The number of hydrogen-bond donors (Lipinski definition) is 3. The van der Waals surface area contributed by atoms with Crippen LogP contribution in [-0.4, -0.2) is 34.3 Å². The molecular weight excluding hydrogens is 352 g/mol. The Hall–Kier alpha value is -2.48. The van der Waals surface area contributed by atoms with Crippen LogP contribution in [0.5, 0.6) is 0 Å². The molecule has 1 aromatic carbocycles. The van der Waals surface area contributed by atoms with Crippen LogP contribution in [0.2, 0.25) is 0 Å². The summed E-state index contributed by atoms with van der Waals surface area (Å²) in [7, 11) is 0. The SMILES string of the molecule is O=C(CN1C(=O)[C@H]2CCCC[C@H]2C1=O)NNC(=S)NCc1ccccc1. The molecule has 0 unspecified atom stereocenters. The third-order valence-corrected chi connectivity index (χ3v) is 5.09. The van der Waals surface area contributed by atoms with Crippen molar-refractivity contribution < 1.29 is 14.4 Å². The lowest BCUT2D eigenvalue weighted by Crippen LogP contribution is -2.50. The van der Waals surface area contributed by atoms with Crippen molar-refractivity contribution in [2.45, 2.75) is 32.2 Å². The largest absolute Gasteiger partial charge is 0.357 e. The number of imide groups is 1. The van der Waals surface area contributed by atoms with Gasteiger partial charge in [-0.05, 0) is 30.6 Å². The van der Waals surface area contributed by atoms with Gasteiger partial charge in [-0.15, -0.1) is 0 Å². The molecule has 26 heavy (non-hydrogen) atoms. The van der Waals surface area contributed by atoms with E-state index in [0.717, 1.165) is 36.1 Å². The van der Waals surface area contributed by atoms with E-state index in [2.05, 4.69) is 16.2 Å². The molecule has 0 bridgehead atoms. The van der Waals surface area contributed by atoms with Crippen molar-refractivity contribution in [3.05, 3.63) is 35.9 Å².